The Balaban J connectivity index is 4.54. The average Bonchev–Trinajstić information content (AvgIpc) is 2.44. The Morgan fingerprint density at radius 3 is 2.52 bits per heavy atom. The smallest absolute Gasteiger partial charge is 0.326 e. The zero-order valence-corrected chi connectivity index (χ0v) is 12.2. The van der Waals surface area contributed by atoms with Crippen LogP contribution in [0.5, 0.6) is 0 Å². The van der Waals surface area contributed by atoms with Gasteiger partial charge in [0.15, 0.2) is 0 Å². The van der Waals surface area contributed by atoms with Crippen molar-refractivity contribution in [2.24, 2.45) is 0 Å². The first-order valence-electron chi connectivity index (χ1n) is 6.72. The molecular formula is C13H21N3O5. The van der Waals surface area contributed by atoms with Crippen LogP contribution in [-0.2, 0) is 19.1 Å². The van der Waals surface area contributed by atoms with Crippen LogP contribution in [0, 0.1) is 0 Å². The molecular weight excluding hydrogens is 278 g/mol. The predicted molar refractivity (Wildman–Crippen MR) is 73.8 cm³/mol. The lowest BCUT2D eigenvalue weighted by atomic mass is 10.1. The number of carboxylic acid groups (broad SMARTS) is 1. The maximum Gasteiger partial charge on any atom is 0.326 e. The van der Waals surface area contributed by atoms with Gasteiger partial charge in [-0.15, -0.1) is 0 Å². The van der Waals surface area contributed by atoms with Crippen molar-refractivity contribution >= 4 is 23.9 Å². The minimum absolute atomic E-state index is 0.0872. The summed E-state index contributed by atoms with van der Waals surface area (Å²) in [7, 11) is 1.39. The van der Waals surface area contributed by atoms with Crippen LogP contribution < -0.4 is 5.32 Å². The number of hydrogen-bond donors (Lipinski definition) is 2. The second kappa shape index (κ2) is 10.7. The fraction of sp³-hybridized carbons (Fsp3) is 0.692. The molecule has 118 valence electrons. The molecule has 2 atom stereocenters. The van der Waals surface area contributed by atoms with Gasteiger partial charge in [0.1, 0.15) is 12.1 Å². The number of carbonyl (C=O) groups excluding carboxylic acids is 2. The van der Waals surface area contributed by atoms with Gasteiger partial charge in [0, 0.05) is 13.5 Å². The molecule has 0 rings (SSSR count). The number of Topliss-reactive ketones (excluding diaryl/α,β-unsaturated/α-hetero) is 1. The lowest BCUT2D eigenvalue weighted by Crippen LogP contribution is -2.46. The Labute approximate surface area is 123 Å². The fourth-order valence-corrected chi connectivity index (χ4v) is 1.68. The number of aliphatic carboxylic acids is 1. The molecule has 2 N–H and O–H groups in total. The summed E-state index contributed by atoms with van der Waals surface area (Å²) in [5.74, 6) is -2.27. The molecule has 0 aliphatic carbocycles. The molecule has 0 radical (unpaired) electrons. The van der Waals surface area contributed by atoms with Crippen molar-refractivity contribution in [3.63, 3.8) is 0 Å². The van der Waals surface area contributed by atoms with E-state index in [1.54, 1.807) is 0 Å². The maximum atomic E-state index is 11.9. The van der Waals surface area contributed by atoms with E-state index < -0.39 is 29.8 Å². The first kappa shape index (κ1) is 18.9. The monoisotopic (exact) mass is 299 g/mol. The van der Waals surface area contributed by atoms with E-state index in [1.165, 1.54) is 7.11 Å². The summed E-state index contributed by atoms with van der Waals surface area (Å²) in [6.45, 7) is 1.97. The summed E-state index contributed by atoms with van der Waals surface area (Å²) < 4.78 is 5.03. The van der Waals surface area contributed by atoms with E-state index in [2.05, 4.69) is 10.1 Å². The molecule has 8 nitrogen and oxygen atoms in total. The van der Waals surface area contributed by atoms with Crippen LogP contribution in [0.2, 0.25) is 0 Å². The zero-order valence-electron chi connectivity index (χ0n) is 12.2. The van der Waals surface area contributed by atoms with E-state index in [0.29, 0.717) is 12.6 Å². The predicted octanol–water partition coefficient (Wildman–Crippen LogP) is 0.411. The molecule has 0 spiro atoms. The molecule has 21 heavy (non-hydrogen) atoms. The van der Waals surface area contributed by atoms with Gasteiger partial charge >= 0.3 is 12.2 Å². The molecule has 0 aliphatic heterocycles. The van der Waals surface area contributed by atoms with Crippen LogP contribution in [0.25, 0.3) is 5.53 Å². The SMILES string of the molecule is CCCCC(OC)C(=O)NC(CCC(=O)C=[N+]=[N-])C(=O)O. The largest absolute Gasteiger partial charge is 0.480 e. The van der Waals surface area contributed by atoms with E-state index >= 15 is 0 Å². The highest BCUT2D eigenvalue weighted by Crippen LogP contribution is 2.06. The van der Waals surface area contributed by atoms with Crippen LogP contribution in [0.1, 0.15) is 39.0 Å². The van der Waals surface area contributed by atoms with E-state index in [9.17, 15) is 14.4 Å². The molecule has 2 unspecified atom stereocenters. The van der Waals surface area contributed by atoms with E-state index in [4.69, 9.17) is 15.4 Å². The number of ketones is 1. The molecule has 1 amide bonds. The minimum atomic E-state index is -1.23. The quantitative estimate of drug-likeness (QED) is 0.324. The van der Waals surface area contributed by atoms with Crippen LogP contribution in [-0.4, -0.2) is 53.0 Å². The summed E-state index contributed by atoms with van der Waals surface area (Å²) in [5.41, 5.74) is 8.19. The van der Waals surface area contributed by atoms with Crippen LogP contribution in [0.15, 0.2) is 0 Å². The van der Waals surface area contributed by atoms with E-state index in [0.717, 1.165) is 12.8 Å². The lowest BCUT2D eigenvalue weighted by molar-refractivity contribution is -0.144. The highest BCUT2D eigenvalue weighted by molar-refractivity contribution is 6.25. The van der Waals surface area contributed by atoms with E-state index in [-0.39, 0.29) is 12.8 Å². The first-order chi connectivity index (χ1) is 9.96. The highest BCUT2D eigenvalue weighted by atomic mass is 16.5. The Hall–Kier alpha value is -2.05. The topological polar surface area (TPSA) is 129 Å². The molecule has 0 aromatic carbocycles. The van der Waals surface area contributed by atoms with Crippen LogP contribution >= 0.6 is 0 Å². The van der Waals surface area contributed by atoms with Gasteiger partial charge in [0.2, 0.25) is 11.7 Å². The Kier molecular flexibility index (Phi) is 9.66. The lowest BCUT2D eigenvalue weighted by Gasteiger charge is -2.18. The summed E-state index contributed by atoms with van der Waals surface area (Å²) in [4.78, 5) is 36.7. The third-order valence-electron chi connectivity index (χ3n) is 2.89. The number of unbranched alkanes of at least 4 members (excludes halogenated alkanes) is 1. The standard InChI is InChI=1S/C13H21N3O5/c1-3-4-5-11(21-2)12(18)16-10(13(19)20)7-6-9(17)8-15-14/h8,10-11H,3-7H2,1-2H3,(H,16,18)(H,19,20). The second-order valence-electron chi connectivity index (χ2n) is 4.52. The molecule has 0 bridgehead atoms. The van der Waals surface area contributed by atoms with E-state index in [1.807, 2.05) is 6.92 Å². The number of methoxy groups -OCH3 is 1. The third-order valence-corrected chi connectivity index (χ3v) is 2.89. The summed E-state index contributed by atoms with van der Waals surface area (Å²) in [5, 5.41) is 11.4. The first-order valence-corrected chi connectivity index (χ1v) is 6.72. The van der Waals surface area contributed by atoms with Crippen molar-refractivity contribution in [3.8, 4) is 0 Å². The summed E-state index contributed by atoms with van der Waals surface area (Å²) in [6.07, 6.45) is 1.94. The zero-order chi connectivity index (χ0) is 16.3. The molecule has 0 saturated carbocycles. The Bertz CT molecular complexity index is 418. The number of ether oxygens (including phenoxy) is 1. The molecule has 0 aliphatic rings. The number of carboxylic acids is 1. The molecule has 8 heteroatoms. The number of nitrogens with zero attached hydrogens (tertiary/aromatic N) is 2. The molecule has 0 aromatic heterocycles. The number of carbonyl (C=O) groups is 3. The van der Waals surface area contributed by atoms with Crippen molar-refractivity contribution in [2.45, 2.75) is 51.2 Å². The third kappa shape index (κ3) is 7.96. The molecule has 0 saturated heterocycles. The number of nitrogens with one attached hydrogen (secondary N) is 1. The maximum absolute atomic E-state index is 11.9. The fourth-order valence-electron chi connectivity index (χ4n) is 1.68. The van der Waals surface area contributed by atoms with Crippen molar-refractivity contribution in [3.05, 3.63) is 5.53 Å². The van der Waals surface area contributed by atoms with Gasteiger partial charge in [-0.25, -0.2) is 4.79 Å². The second-order valence-corrected chi connectivity index (χ2v) is 4.52. The van der Waals surface area contributed by atoms with Gasteiger partial charge in [-0.05, 0) is 12.8 Å². The minimum Gasteiger partial charge on any atom is -0.480 e. The normalized spacial score (nSPS) is 12.9. The molecule has 0 heterocycles. The number of rotatable bonds is 11. The van der Waals surface area contributed by atoms with Crippen molar-refractivity contribution in [1.29, 1.82) is 0 Å². The van der Waals surface area contributed by atoms with Crippen LogP contribution in [0.3, 0.4) is 0 Å². The number of amides is 1. The molecule has 0 aromatic rings. The summed E-state index contributed by atoms with van der Waals surface area (Å²) in [6, 6.07) is -1.19. The van der Waals surface area contributed by atoms with Crippen molar-refractivity contribution in [2.75, 3.05) is 7.11 Å². The Morgan fingerprint density at radius 2 is 2.05 bits per heavy atom. The van der Waals surface area contributed by atoms with Gasteiger partial charge in [0.25, 0.3) is 0 Å². The van der Waals surface area contributed by atoms with Gasteiger partial charge in [-0.1, -0.05) is 19.8 Å². The van der Waals surface area contributed by atoms with Crippen molar-refractivity contribution < 1.29 is 29.0 Å². The van der Waals surface area contributed by atoms with Gasteiger partial charge in [0.05, 0.1) is 0 Å². The average molecular weight is 299 g/mol. The summed E-state index contributed by atoms with van der Waals surface area (Å²) >= 11 is 0. The van der Waals surface area contributed by atoms with Gasteiger partial charge in [-0.3, -0.25) is 9.59 Å². The van der Waals surface area contributed by atoms with Crippen molar-refractivity contribution in [1.82, 2.24) is 5.32 Å². The molecule has 0 fully saturated rings. The number of hydrogen-bond acceptors (Lipinski definition) is 4. The van der Waals surface area contributed by atoms with Gasteiger partial charge in [-0.2, -0.15) is 4.79 Å². The van der Waals surface area contributed by atoms with Gasteiger partial charge < -0.3 is 20.7 Å². The Morgan fingerprint density at radius 1 is 1.38 bits per heavy atom. The highest BCUT2D eigenvalue weighted by Gasteiger charge is 2.25. The van der Waals surface area contributed by atoms with Crippen LogP contribution in [0.4, 0.5) is 0 Å².